The number of fused-ring (bicyclic) bond motifs is 2. The van der Waals surface area contributed by atoms with Gasteiger partial charge in [0, 0.05) is 18.0 Å². The molecule has 0 saturated carbocycles. The molecule has 10 heteroatoms. The third-order valence-corrected chi connectivity index (χ3v) is 7.37. The molecule has 0 aliphatic heterocycles. The summed E-state index contributed by atoms with van der Waals surface area (Å²) in [7, 11) is 1.31. The van der Waals surface area contributed by atoms with Gasteiger partial charge in [-0.2, -0.15) is 4.99 Å². The molecule has 5 aromatic rings. The number of methoxy groups -OCH3 is 1. The third-order valence-electron chi connectivity index (χ3n) is 5.44. The van der Waals surface area contributed by atoms with Crippen LogP contribution in [0.25, 0.3) is 31.7 Å². The minimum atomic E-state index is -0.469. The van der Waals surface area contributed by atoms with Crippen LogP contribution in [0.1, 0.15) is 17.3 Å². The van der Waals surface area contributed by atoms with Gasteiger partial charge in [-0.25, -0.2) is 4.98 Å². The van der Waals surface area contributed by atoms with E-state index in [1.54, 1.807) is 40.2 Å². The maximum atomic E-state index is 13.6. The number of nitrogens with zero attached hydrogens (tertiary/aromatic N) is 3. The van der Waals surface area contributed by atoms with Crippen molar-refractivity contribution in [2.75, 3.05) is 12.4 Å². The minimum Gasteiger partial charge on any atom is -0.468 e. The number of ether oxygens (including phenoxy) is 1. The summed E-state index contributed by atoms with van der Waals surface area (Å²) in [5, 5.41) is 5.40. The number of thiophene rings is 1. The first-order chi connectivity index (χ1) is 17.4. The highest BCUT2D eigenvalue weighted by molar-refractivity contribution is 7.16. The summed E-state index contributed by atoms with van der Waals surface area (Å²) in [5.41, 5.74) is 3.12. The van der Waals surface area contributed by atoms with E-state index in [0.29, 0.717) is 38.2 Å². The number of hydrogen-bond donors (Lipinski definition) is 1. The molecule has 2 amide bonds. The second-order valence-corrected chi connectivity index (χ2v) is 9.83. The number of carbonyl (C=O) groups excluding carboxylic acids is 3. The fraction of sp³-hybridized carbons (Fsp3) is 0.115. The Morgan fingerprint density at radius 1 is 1.08 bits per heavy atom. The van der Waals surface area contributed by atoms with E-state index in [0.717, 1.165) is 9.58 Å². The van der Waals surface area contributed by atoms with Crippen LogP contribution < -0.4 is 10.1 Å². The number of benzene rings is 2. The zero-order chi connectivity index (χ0) is 25.2. The standard InChI is InChI=1S/C26H20N4O4S2/c1-15(31)27-16-9-10-21-23(12-16)36-26(30(21)14-24(32)34-2)29-25(33)18-13-20(22-8-5-11-35-22)28-19-7-4-3-6-17(18)19/h3-13H,14H2,1-2H3,(H,27,31). The number of hydrogen-bond acceptors (Lipinski definition) is 7. The molecule has 8 nitrogen and oxygen atoms in total. The molecule has 1 N–H and O–H groups in total. The second-order valence-electron chi connectivity index (χ2n) is 7.88. The highest BCUT2D eigenvalue weighted by Gasteiger charge is 2.17. The molecule has 0 atom stereocenters. The molecule has 0 saturated heterocycles. The van der Waals surface area contributed by atoms with E-state index >= 15 is 0 Å². The van der Waals surface area contributed by atoms with Gasteiger partial charge in [-0.3, -0.25) is 14.4 Å². The van der Waals surface area contributed by atoms with Crippen molar-refractivity contribution in [2.24, 2.45) is 4.99 Å². The molecule has 0 spiro atoms. The maximum absolute atomic E-state index is 13.6. The summed E-state index contributed by atoms with van der Waals surface area (Å²) in [6.07, 6.45) is 0. The van der Waals surface area contributed by atoms with E-state index in [9.17, 15) is 14.4 Å². The van der Waals surface area contributed by atoms with Crippen molar-refractivity contribution < 1.29 is 19.1 Å². The monoisotopic (exact) mass is 516 g/mol. The van der Waals surface area contributed by atoms with E-state index in [1.807, 2.05) is 41.8 Å². The molecule has 5 rings (SSSR count). The molecule has 0 bridgehead atoms. The number of nitrogens with one attached hydrogen (secondary N) is 1. The molecule has 2 aromatic carbocycles. The van der Waals surface area contributed by atoms with E-state index in [-0.39, 0.29) is 12.5 Å². The fourth-order valence-corrected chi connectivity index (χ4v) is 5.59. The lowest BCUT2D eigenvalue weighted by molar-refractivity contribution is -0.141. The average Bonchev–Trinajstić information content (AvgIpc) is 3.51. The van der Waals surface area contributed by atoms with Crippen molar-refractivity contribution in [3.8, 4) is 10.6 Å². The third kappa shape index (κ3) is 4.68. The lowest BCUT2D eigenvalue weighted by Gasteiger charge is -2.07. The first-order valence-electron chi connectivity index (χ1n) is 10.9. The van der Waals surface area contributed by atoms with E-state index in [1.165, 1.54) is 25.4 Å². The molecule has 3 aromatic heterocycles. The Kier molecular flexibility index (Phi) is 6.45. The highest BCUT2D eigenvalue weighted by atomic mass is 32.1. The summed E-state index contributed by atoms with van der Waals surface area (Å²) < 4.78 is 7.27. The minimum absolute atomic E-state index is 0.111. The lowest BCUT2D eigenvalue weighted by atomic mass is 10.1. The van der Waals surface area contributed by atoms with Crippen LogP contribution in [0.5, 0.6) is 0 Å². The van der Waals surface area contributed by atoms with Crippen LogP contribution >= 0.6 is 22.7 Å². The number of anilines is 1. The van der Waals surface area contributed by atoms with Gasteiger partial charge in [0.25, 0.3) is 5.91 Å². The average molecular weight is 517 g/mol. The van der Waals surface area contributed by atoms with Crippen molar-refractivity contribution in [3.63, 3.8) is 0 Å². The van der Waals surface area contributed by atoms with Gasteiger partial charge >= 0.3 is 5.97 Å². The Morgan fingerprint density at radius 3 is 2.67 bits per heavy atom. The lowest BCUT2D eigenvalue weighted by Crippen LogP contribution is -2.22. The largest absolute Gasteiger partial charge is 0.468 e. The smallest absolute Gasteiger partial charge is 0.325 e. The summed E-state index contributed by atoms with van der Waals surface area (Å²) in [6.45, 7) is 1.32. The highest BCUT2D eigenvalue weighted by Crippen LogP contribution is 2.28. The van der Waals surface area contributed by atoms with Gasteiger partial charge in [0.2, 0.25) is 5.91 Å². The zero-order valence-electron chi connectivity index (χ0n) is 19.3. The molecule has 0 aliphatic carbocycles. The molecule has 3 heterocycles. The zero-order valence-corrected chi connectivity index (χ0v) is 21.0. The first kappa shape index (κ1) is 23.6. The van der Waals surface area contributed by atoms with Crippen LogP contribution in [0, 0.1) is 0 Å². The van der Waals surface area contributed by atoms with Crippen molar-refractivity contribution in [2.45, 2.75) is 13.5 Å². The Labute approximate surface area is 213 Å². The van der Waals surface area contributed by atoms with E-state index in [4.69, 9.17) is 9.72 Å². The number of para-hydroxylation sites is 1. The topological polar surface area (TPSA) is 103 Å². The fourth-order valence-electron chi connectivity index (χ4n) is 3.84. The molecule has 36 heavy (non-hydrogen) atoms. The molecular formula is C26H20N4O4S2. The Balaban J connectivity index is 1.68. The number of rotatable bonds is 5. The number of carbonyl (C=O) groups is 3. The van der Waals surface area contributed by atoms with Crippen LogP contribution in [0.2, 0.25) is 0 Å². The number of esters is 1. The summed E-state index contributed by atoms with van der Waals surface area (Å²) in [4.78, 5) is 47.7. The van der Waals surface area contributed by atoms with Gasteiger partial charge in [0.15, 0.2) is 4.80 Å². The van der Waals surface area contributed by atoms with Gasteiger partial charge in [0.05, 0.1) is 39.0 Å². The molecular weight excluding hydrogens is 496 g/mol. The van der Waals surface area contributed by atoms with Crippen molar-refractivity contribution in [1.82, 2.24) is 9.55 Å². The molecule has 180 valence electrons. The van der Waals surface area contributed by atoms with Gasteiger partial charge < -0.3 is 14.6 Å². The van der Waals surface area contributed by atoms with Gasteiger partial charge in [-0.15, -0.1) is 11.3 Å². The van der Waals surface area contributed by atoms with E-state index < -0.39 is 11.9 Å². The predicted molar refractivity (Wildman–Crippen MR) is 141 cm³/mol. The summed E-state index contributed by atoms with van der Waals surface area (Å²) in [6, 6.07) is 18.4. The maximum Gasteiger partial charge on any atom is 0.325 e. The van der Waals surface area contributed by atoms with E-state index in [2.05, 4.69) is 10.3 Å². The van der Waals surface area contributed by atoms with Crippen LogP contribution in [0.4, 0.5) is 5.69 Å². The van der Waals surface area contributed by atoms with Gasteiger partial charge in [-0.1, -0.05) is 35.6 Å². The SMILES string of the molecule is COC(=O)Cn1c(=NC(=O)c2cc(-c3cccs3)nc3ccccc23)sc2cc(NC(C)=O)ccc21. The number of thiazole rings is 1. The van der Waals surface area contributed by atoms with Crippen molar-refractivity contribution >= 4 is 67.3 Å². The number of pyridine rings is 1. The Hall–Kier alpha value is -4.15. The van der Waals surface area contributed by atoms with Crippen molar-refractivity contribution in [1.29, 1.82) is 0 Å². The second kappa shape index (κ2) is 9.84. The quantitative estimate of drug-likeness (QED) is 0.336. The summed E-state index contributed by atoms with van der Waals surface area (Å²) in [5.74, 6) is -1.11. The number of amides is 2. The number of aromatic nitrogens is 2. The van der Waals surface area contributed by atoms with Crippen molar-refractivity contribution in [3.05, 3.63) is 76.4 Å². The predicted octanol–water partition coefficient (Wildman–Crippen LogP) is 4.85. The van der Waals surface area contributed by atoms with Crippen LogP contribution in [0.3, 0.4) is 0 Å². The van der Waals surface area contributed by atoms with Gasteiger partial charge in [0.1, 0.15) is 6.54 Å². The Bertz CT molecular complexity index is 1700. The molecule has 0 radical (unpaired) electrons. The van der Waals surface area contributed by atoms with Gasteiger partial charge in [-0.05, 0) is 41.8 Å². The van der Waals surface area contributed by atoms with Crippen LogP contribution in [-0.4, -0.2) is 34.4 Å². The first-order valence-corrected chi connectivity index (χ1v) is 12.6. The summed E-state index contributed by atoms with van der Waals surface area (Å²) >= 11 is 2.79. The van der Waals surface area contributed by atoms with Crippen LogP contribution in [-0.2, 0) is 20.9 Å². The molecule has 0 fully saturated rings. The molecule has 0 unspecified atom stereocenters. The van der Waals surface area contributed by atoms with Crippen LogP contribution in [0.15, 0.2) is 71.0 Å². The molecule has 0 aliphatic rings. The normalized spacial score (nSPS) is 11.7. The Morgan fingerprint density at radius 2 is 1.92 bits per heavy atom.